The summed E-state index contributed by atoms with van der Waals surface area (Å²) in [5.41, 5.74) is 1.14. The van der Waals surface area contributed by atoms with Gasteiger partial charge in [0, 0.05) is 7.11 Å². The Labute approximate surface area is 97.4 Å². The van der Waals surface area contributed by atoms with Crippen molar-refractivity contribution in [2.45, 2.75) is 24.7 Å². The number of rotatable bonds is 5. The van der Waals surface area contributed by atoms with E-state index in [0.29, 0.717) is 10.8 Å². The van der Waals surface area contributed by atoms with E-state index in [1.165, 1.54) is 7.11 Å². The second-order valence-corrected chi connectivity index (χ2v) is 6.14. The van der Waals surface area contributed by atoms with Gasteiger partial charge < -0.3 is 4.74 Å². The van der Waals surface area contributed by atoms with Gasteiger partial charge in [0.25, 0.3) is 0 Å². The minimum atomic E-state index is -3.19. The lowest BCUT2D eigenvalue weighted by atomic mass is 10.0. The Morgan fingerprint density at radius 1 is 1.19 bits per heavy atom. The predicted molar refractivity (Wildman–Crippen MR) is 64.5 cm³/mol. The van der Waals surface area contributed by atoms with E-state index in [-0.39, 0.29) is 12.4 Å². The Hall–Kier alpha value is -0.870. The Kier molecular flexibility index (Phi) is 4.50. The topological polar surface area (TPSA) is 43.4 Å². The zero-order valence-electron chi connectivity index (χ0n) is 9.93. The fourth-order valence-electron chi connectivity index (χ4n) is 1.37. The molecule has 1 rings (SSSR count). The highest BCUT2D eigenvalue weighted by molar-refractivity contribution is 7.91. The summed E-state index contributed by atoms with van der Waals surface area (Å²) in [5.74, 6) is 0.445. The Morgan fingerprint density at radius 2 is 1.75 bits per heavy atom. The van der Waals surface area contributed by atoms with E-state index < -0.39 is 9.84 Å². The Bertz CT molecular complexity index is 418. The third-order valence-corrected chi connectivity index (χ3v) is 4.16. The molecule has 0 fully saturated rings. The molecule has 0 heterocycles. The molecular formula is C12H18O3S. The maximum atomic E-state index is 11.8. The first kappa shape index (κ1) is 13.2. The van der Waals surface area contributed by atoms with Crippen molar-refractivity contribution in [3.8, 4) is 0 Å². The summed E-state index contributed by atoms with van der Waals surface area (Å²) in [4.78, 5) is 0.369. The van der Waals surface area contributed by atoms with Crippen LogP contribution in [0.5, 0.6) is 0 Å². The van der Waals surface area contributed by atoms with E-state index in [9.17, 15) is 8.42 Å². The number of sulfone groups is 1. The van der Waals surface area contributed by atoms with Crippen LogP contribution in [0.2, 0.25) is 0 Å². The van der Waals surface area contributed by atoms with Gasteiger partial charge in [-0.2, -0.15) is 0 Å². The minimum absolute atomic E-state index is 0.0323. The van der Waals surface area contributed by atoms with Gasteiger partial charge in [-0.05, 0) is 23.6 Å². The van der Waals surface area contributed by atoms with Crippen LogP contribution in [0.1, 0.15) is 25.3 Å². The van der Waals surface area contributed by atoms with E-state index in [4.69, 9.17) is 4.74 Å². The minimum Gasteiger partial charge on any atom is -0.384 e. The van der Waals surface area contributed by atoms with Gasteiger partial charge in [-0.1, -0.05) is 26.0 Å². The van der Waals surface area contributed by atoms with Gasteiger partial charge in [0.05, 0.1) is 17.3 Å². The number of benzene rings is 1. The number of hydrogen-bond acceptors (Lipinski definition) is 3. The van der Waals surface area contributed by atoms with Gasteiger partial charge in [-0.25, -0.2) is 8.42 Å². The summed E-state index contributed by atoms with van der Waals surface area (Å²) in [7, 11) is -1.69. The first-order valence-electron chi connectivity index (χ1n) is 5.29. The van der Waals surface area contributed by atoms with Gasteiger partial charge in [0.1, 0.15) is 0 Å². The van der Waals surface area contributed by atoms with Gasteiger partial charge in [0.2, 0.25) is 0 Å². The van der Waals surface area contributed by atoms with Crippen LogP contribution in [0.15, 0.2) is 29.2 Å². The molecule has 0 radical (unpaired) electrons. The molecule has 0 unspecified atom stereocenters. The van der Waals surface area contributed by atoms with E-state index in [1.54, 1.807) is 12.1 Å². The molecule has 0 aliphatic heterocycles. The second-order valence-electron chi connectivity index (χ2n) is 4.04. The smallest absolute Gasteiger partial charge is 0.180 e. The Morgan fingerprint density at radius 3 is 2.19 bits per heavy atom. The van der Waals surface area contributed by atoms with Crippen LogP contribution in [-0.2, 0) is 14.6 Å². The first-order chi connectivity index (χ1) is 7.47. The average Bonchev–Trinajstić information content (AvgIpc) is 2.26. The molecule has 0 N–H and O–H groups in total. The quantitative estimate of drug-likeness (QED) is 0.795. The zero-order chi connectivity index (χ0) is 12.2. The van der Waals surface area contributed by atoms with E-state index in [1.807, 2.05) is 12.1 Å². The molecule has 0 atom stereocenters. The molecule has 1 aromatic carbocycles. The first-order valence-corrected chi connectivity index (χ1v) is 6.94. The van der Waals surface area contributed by atoms with Crippen molar-refractivity contribution in [3.63, 3.8) is 0 Å². The molecule has 0 amide bonds. The van der Waals surface area contributed by atoms with E-state index in [0.717, 1.165) is 5.56 Å². The van der Waals surface area contributed by atoms with E-state index in [2.05, 4.69) is 13.8 Å². The molecule has 1 aromatic rings. The standard InChI is InChI=1S/C12H18O3S/c1-10(2)11-4-6-12(7-5-11)16(13,14)9-8-15-3/h4-7,10H,8-9H2,1-3H3. The number of methoxy groups -OCH3 is 1. The summed E-state index contributed by atoms with van der Waals surface area (Å²) in [5, 5.41) is 0. The number of hydrogen-bond donors (Lipinski definition) is 0. The molecule has 90 valence electrons. The molecule has 0 aromatic heterocycles. The molecule has 0 spiro atoms. The summed E-state index contributed by atoms with van der Waals surface area (Å²) in [6.45, 7) is 4.39. The van der Waals surface area contributed by atoms with Gasteiger partial charge in [-0.3, -0.25) is 0 Å². The van der Waals surface area contributed by atoms with Crippen LogP contribution in [0.3, 0.4) is 0 Å². The van der Waals surface area contributed by atoms with Crippen molar-refractivity contribution in [2.24, 2.45) is 0 Å². The molecule has 0 aliphatic rings. The SMILES string of the molecule is COCCS(=O)(=O)c1ccc(C(C)C)cc1. The second kappa shape index (κ2) is 5.46. The Balaban J connectivity index is 2.89. The van der Waals surface area contributed by atoms with Crippen LogP contribution in [0.25, 0.3) is 0 Å². The molecule has 0 saturated carbocycles. The maximum absolute atomic E-state index is 11.8. The van der Waals surface area contributed by atoms with Crippen molar-refractivity contribution < 1.29 is 13.2 Å². The highest BCUT2D eigenvalue weighted by Gasteiger charge is 2.13. The normalized spacial score (nSPS) is 12.0. The van der Waals surface area contributed by atoms with Crippen molar-refractivity contribution in [1.82, 2.24) is 0 Å². The van der Waals surface area contributed by atoms with Crippen LogP contribution >= 0.6 is 0 Å². The van der Waals surface area contributed by atoms with Crippen molar-refractivity contribution in [3.05, 3.63) is 29.8 Å². The lowest BCUT2D eigenvalue weighted by Crippen LogP contribution is -2.11. The number of ether oxygens (including phenoxy) is 1. The van der Waals surface area contributed by atoms with Crippen molar-refractivity contribution in [2.75, 3.05) is 19.5 Å². The van der Waals surface area contributed by atoms with Crippen LogP contribution in [-0.4, -0.2) is 27.9 Å². The highest BCUT2D eigenvalue weighted by atomic mass is 32.2. The van der Waals surface area contributed by atoms with Crippen LogP contribution in [0, 0.1) is 0 Å². The molecule has 0 bridgehead atoms. The largest absolute Gasteiger partial charge is 0.384 e. The fourth-order valence-corrected chi connectivity index (χ4v) is 2.54. The summed E-state index contributed by atoms with van der Waals surface area (Å²) < 4.78 is 28.4. The molecular weight excluding hydrogens is 224 g/mol. The van der Waals surface area contributed by atoms with Gasteiger partial charge in [-0.15, -0.1) is 0 Å². The highest BCUT2D eigenvalue weighted by Crippen LogP contribution is 2.18. The average molecular weight is 242 g/mol. The van der Waals surface area contributed by atoms with Crippen LogP contribution in [0.4, 0.5) is 0 Å². The van der Waals surface area contributed by atoms with Crippen molar-refractivity contribution in [1.29, 1.82) is 0 Å². The lowest BCUT2D eigenvalue weighted by molar-refractivity contribution is 0.217. The molecule has 16 heavy (non-hydrogen) atoms. The summed E-state index contributed by atoms with van der Waals surface area (Å²) in [6, 6.07) is 7.06. The predicted octanol–water partition coefficient (Wildman–Crippen LogP) is 2.23. The maximum Gasteiger partial charge on any atom is 0.180 e. The molecule has 3 nitrogen and oxygen atoms in total. The fraction of sp³-hybridized carbons (Fsp3) is 0.500. The monoisotopic (exact) mass is 242 g/mol. The summed E-state index contributed by atoms with van der Waals surface area (Å²) in [6.07, 6.45) is 0. The lowest BCUT2D eigenvalue weighted by Gasteiger charge is -2.07. The molecule has 4 heteroatoms. The third kappa shape index (κ3) is 3.32. The summed E-state index contributed by atoms with van der Waals surface area (Å²) >= 11 is 0. The molecule has 0 saturated heterocycles. The van der Waals surface area contributed by atoms with Gasteiger partial charge >= 0.3 is 0 Å². The third-order valence-electron chi connectivity index (χ3n) is 2.46. The zero-order valence-corrected chi connectivity index (χ0v) is 10.8. The molecule has 0 aliphatic carbocycles. The van der Waals surface area contributed by atoms with E-state index >= 15 is 0 Å². The van der Waals surface area contributed by atoms with Crippen LogP contribution < -0.4 is 0 Å². The van der Waals surface area contributed by atoms with Crippen molar-refractivity contribution >= 4 is 9.84 Å². The van der Waals surface area contributed by atoms with Gasteiger partial charge in [0.15, 0.2) is 9.84 Å².